The molecule has 2 aromatic carbocycles. The predicted octanol–water partition coefficient (Wildman–Crippen LogP) is 6.79. The maximum Gasteiger partial charge on any atom is 0.573 e. The summed E-state index contributed by atoms with van der Waals surface area (Å²) in [6, 6.07) is 10.9. The lowest BCUT2D eigenvalue weighted by Crippen LogP contribution is -2.17. The van der Waals surface area contributed by atoms with E-state index in [-0.39, 0.29) is 11.5 Å². The Hall–Kier alpha value is -5.95. The summed E-state index contributed by atoms with van der Waals surface area (Å²) in [6.45, 7) is 0. The quantitative estimate of drug-likeness (QED) is 0.109. The molecule has 6 aromatic rings. The number of aromatic nitrogens is 8. The summed E-state index contributed by atoms with van der Waals surface area (Å²) in [4.78, 5) is 15.5. The molecule has 0 radical (unpaired) electrons. The van der Waals surface area contributed by atoms with Crippen molar-refractivity contribution in [2.45, 2.75) is 12.7 Å². The first-order chi connectivity index (χ1) is 23.4. The maximum atomic E-state index is 12.1. The van der Waals surface area contributed by atoms with Crippen molar-refractivity contribution in [2.75, 3.05) is 0 Å². The monoisotopic (exact) mass is 788 g/mol. The SMILES string of the molecule is C#Cc1cnccn1.FC(F)(F)Oc1ccc(-n2cc(C#Cc3cnccn3)cn2)cc1.FC(F)(F)Oc1ccc(-n2cc(I)cn2)cc1. The molecule has 4 aromatic heterocycles. The summed E-state index contributed by atoms with van der Waals surface area (Å²) in [7, 11) is 0. The van der Waals surface area contributed by atoms with Gasteiger partial charge in [-0.3, -0.25) is 9.97 Å². The molecule has 0 bridgehead atoms. The van der Waals surface area contributed by atoms with Crippen LogP contribution in [0.2, 0.25) is 0 Å². The van der Waals surface area contributed by atoms with E-state index in [1.54, 1.807) is 54.3 Å². The Bertz CT molecular complexity index is 2020. The van der Waals surface area contributed by atoms with E-state index >= 15 is 0 Å². The molecule has 0 aliphatic carbocycles. The number of hydrogen-bond donors (Lipinski definition) is 0. The Labute approximate surface area is 287 Å². The zero-order chi connectivity index (χ0) is 35.3. The van der Waals surface area contributed by atoms with Crippen LogP contribution >= 0.6 is 22.6 Å². The number of ether oxygens (including phenoxy) is 2. The Balaban J connectivity index is 0.000000187. The fourth-order valence-corrected chi connectivity index (χ4v) is 3.83. The highest BCUT2D eigenvalue weighted by Gasteiger charge is 2.31. The summed E-state index contributed by atoms with van der Waals surface area (Å²) in [6.07, 6.45) is 11.6. The first kappa shape index (κ1) is 35.9. The van der Waals surface area contributed by atoms with Crippen LogP contribution in [0.25, 0.3) is 11.4 Å². The molecule has 6 rings (SSSR count). The largest absolute Gasteiger partial charge is 0.573 e. The lowest BCUT2D eigenvalue weighted by Gasteiger charge is -2.09. The van der Waals surface area contributed by atoms with Gasteiger partial charge in [0.15, 0.2) is 0 Å². The van der Waals surface area contributed by atoms with Crippen molar-refractivity contribution in [2.24, 2.45) is 0 Å². The van der Waals surface area contributed by atoms with Crippen LogP contribution in [0.1, 0.15) is 17.0 Å². The average Bonchev–Trinajstić information content (AvgIpc) is 3.74. The van der Waals surface area contributed by atoms with E-state index in [2.05, 4.69) is 80.0 Å². The van der Waals surface area contributed by atoms with E-state index in [0.29, 0.717) is 28.3 Å². The standard InChI is InChI=1S/C16H9F3N4O.C10H6F3IN2O.C6H4N2/c17-16(18,19)24-15-5-3-14(4-6-15)23-11-12(9-22-23)1-2-13-10-20-7-8-21-13;11-10(12,13)17-9-3-1-8(2-4-9)16-6-7(14)5-15-16;1-2-6-5-7-3-4-8-6/h3-11H;1-6H;1,3-5H. The van der Waals surface area contributed by atoms with Crippen LogP contribution in [0.4, 0.5) is 26.3 Å². The first-order valence-corrected chi connectivity index (χ1v) is 14.4. The van der Waals surface area contributed by atoms with Gasteiger partial charge in [0.25, 0.3) is 0 Å². The first-order valence-electron chi connectivity index (χ1n) is 13.3. The van der Waals surface area contributed by atoms with Crippen LogP contribution in [0.15, 0.2) is 110 Å². The number of halogens is 7. The second kappa shape index (κ2) is 16.7. The van der Waals surface area contributed by atoms with Crippen LogP contribution in [-0.2, 0) is 0 Å². The van der Waals surface area contributed by atoms with Gasteiger partial charge in [-0.15, -0.1) is 32.8 Å². The van der Waals surface area contributed by atoms with Crippen LogP contribution in [-0.4, -0.2) is 52.2 Å². The molecule has 0 aliphatic heterocycles. The van der Waals surface area contributed by atoms with E-state index in [4.69, 9.17) is 6.42 Å². The average molecular weight is 788 g/mol. The van der Waals surface area contributed by atoms with E-state index < -0.39 is 12.7 Å². The predicted molar refractivity (Wildman–Crippen MR) is 171 cm³/mol. The van der Waals surface area contributed by atoms with Crippen molar-refractivity contribution in [3.8, 4) is 47.1 Å². The molecule has 4 heterocycles. The highest BCUT2D eigenvalue weighted by atomic mass is 127. The van der Waals surface area contributed by atoms with Crippen LogP contribution < -0.4 is 9.47 Å². The molecule has 0 N–H and O–H groups in total. The fraction of sp³-hybridized carbons (Fsp3) is 0.0625. The molecule has 0 amide bonds. The van der Waals surface area contributed by atoms with Crippen molar-refractivity contribution in [3.05, 3.63) is 131 Å². The Kier molecular flexibility index (Phi) is 12.3. The molecule has 49 heavy (non-hydrogen) atoms. The summed E-state index contributed by atoms with van der Waals surface area (Å²) >= 11 is 2.10. The topological polar surface area (TPSA) is 106 Å². The summed E-state index contributed by atoms with van der Waals surface area (Å²) in [5, 5.41) is 8.15. The fourth-order valence-electron chi connectivity index (χ4n) is 3.45. The van der Waals surface area contributed by atoms with Gasteiger partial charge < -0.3 is 9.47 Å². The lowest BCUT2D eigenvalue weighted by molar-refractivity contribution is -0.275. The Morgan fingerprint density at radius 2 is 1.10 bits per heavy atom. The third-order valence-corrected chi connectivity index (χ3v) is 5.97. The molecule has 0 aliphatic rings. The molecule has 0 fully saturated rings. The second-order valence-electron chi connectivity index (χ2n) is 8.94. The number of rotatable bonds is 4. The smallest absolute Gasteiger partial charge is 0.406 e. The lowest BCUT2D eigenvalue weighted by atomic mass is 10.3. The molecule has 0 saturated heterocycles. The molecule has 0 saturated carbocycles. The molecule has 0 unspecified atom stereocenters. The minimum atomic E-state index is -4.71. The van der Waals surface area contributed by atoms with Crippen LogP contribution in [0.5, 0.6) is 11.5 Å². The van der Waals surface area contributed by atoms with Gasteiger partial charge >= 0.3 is 12.7 Å². The highest BCUT2D eigenvalue weighted by molar-refractivity contribution is 14.1. The van der Waals surface area contributed by atoms with E-state index in [9.17, 15) is 26.3 Å². The van der Waals surface area contributed by atoms with Gasteiger partial charge in [-0.1, -0.05) is 5.92 Å². The Morgan fingerprint density at radius 1 is 0.612 bits per heavy atom. The second-order valence-corrected chi connectivity index (χ2v) is 10.2. The maximum absolute atomic E-state index is 12.1. The molecular formula is C32H19F6IN8O2. The summed E-state index contributed by atoms with van der Waals surface area (Å²) < 4.78 is 83.8. The van der Waals surface area contributed by atoms with Gasteiger partial charge in [0, 0.05) is 37.2 Å². The molecule has 0 atom stereocenters. The van der Waals surface area contributed by atoms with Crippen molar-refractivity contribution in [1.82, 2.24) is 39.5 Å². The van der Waals surface area contributed by atoms with Gasteiger partial charge in [0.2, 0.25) is 0 Å². The minimum absolute atomic E-state index is 0.247. The summed E-state index contributed by atoms with van der Waals surface area (Å²) in [5.41, 5.74) is 2.99. The normalized spacial score (nSPS) is 10.6. The zero-order valence-corrected chi connectivity index (χ0v) is 26.7. The molecule has 10 nitrogen and oxygen atoms in total. The molecule has 248 valence electrons. The van der Waals surface area contributed by atoms with Gasteiger partial charge in [0.1, 0.15) is 22.9 Å². The van der Waals surface area contributed by atoms with Crippen molar-refractivity contribution < 1.29 is 35.8 Å². The van der Waals surface area contributed by atoms with Crippen molar-refractivity contribution >= 4 is 22.6 Å². The van der Waals surface area contributed by atoms with Gasteiger partial charge in [-0.05, 0) is 83.0 Å². The van der Waals surface area contributed by atoms with E-state index in [0.717, 1.165) is 3.57 Å². The number of terminal acetylenes is 1. The number of hydrogen-bond acceptors (Lipinski definition) is 8. The number of benzene rings is 2. The number of alkyl halides is 6. The van der Waals surface area contributed by atoms with Crippen LogP contribution in [0, 0.1) is 27.8 Å². The van der Waals surface area contributed by atoms with Gasteiger partial charge in [-0.25, -0.2) is 19.3 Å². The molecule has 17 heteroatoms. The highest BCUT2D eigenvalue weighted by Crippen LogP contribution is 2.25. The van der Waals surface area contributed by atoms with Crippen LogP contribution in [0.3, 0.4) is 0 Å². The molecule has 0 spiro atoms. The van der Waals surface area contributed by atoms with E-state index in [1.165, 1.54) is 65.6 Å². The Morgan fingerprint density at radius 3 is 1.51 bits per heavy atom. The third kappa shape index (κ3) is 12.6. The third-order valence-electron chi connectivity index (χ3n) is 5.41. The van der Waals surface area contributed by atoms with Gasteiger partial charge in [-0.2, -0.15) is 10.2 Å². The number of nitrogens with zero attached hydrogens (tertiary/aromatic N) is 8. The van der Waals surface area contributed by atoms with Gasteiger partial charge in [0.05, 0.1) is 45.3 Å². The summed E-state index contributed by atoms with van der Waals surface area (Å²) in [5.74, 6) is 7.54. The minimum Gasteiger partial charge on any atom is -0.406 e. The zero-order valence-electron chi connectivity index (χ0n) is 24.5. The molecular weight excluding hydrogens is 769 g/mol. The van der Waals surface area contributed by atoms with Crippen molar-refractivity contribution in [3.63, 3.8) is 0 Å². The van der Waals surface area contributed by atoms with Crippen molar-refractivity contribution in [1.29, 1.82) is 0 Å². The van der Waals surface area contributed by atoms with E-state index in [1.807, 2.05) is 0 Å².